The van der Waals surface area contributed by atoms with Crippen LogP contribution in [0.25, 0.3) is 0 Å². The number of carbonyl (C=O) groups excluding carboxylic acids is 1. The maximum absolute atomic E-state index is 12.9. The van der Waals surface area contributed by atoms with Gasteiger partial charge in [-0.15, -0.1) is 0 Å². The third-order valence-corrected chi connectivity index (χ3v) is 5.29. The van der Waals surface area contributed by atoms with Crippen molar-refractivity contribution in [2.45, 2.75) is 25.7 Å². The van der Waals surface area contributed by atoms with Crippen LogP contribution in [0.5, 0.6) is 0 Å². The van der Waals surface area contributed by atoms with E-state index in [0.717, 1.165) is 23.9 Å². The van der Waals surface area contributed by atoms with E-state index in [4.69, 9.17) is 4.74 Å². The summed E-state index contributed by atoms with van der Waals surface area (Å²) in [6, 6.07) is 11.6. The van der Waals surface area contributed by atoms with Crippen molar-refractivity contribution >= 4 is 5.91 Å². The van der Waals surface area contributed by atoms with Gasteiger partial charge in [-0.1, -0.05) is 12.1 Å². The van der Waals surface area contributed by atoms with Gasteiger partial charge in [0, 0.05) is 49.1 Å². The van der Waals surface area contributed by atoms with E-state index < -0.39 is 0 Å². The summed E-state index contributed by atoms with van der Waals surface area (Å²) in [5, 5.41) is 0. The smallest absolute Gasteiger partial charge is 0.272 e. The van der Waals surface area contributed by atoms with Crippen LogP contribution >= 0.6 is 0 Å². The molecule has 2 aromatic heterocycles. The summed E-state index contributed by atoms with van der Waals surface area (Å²) in [5.74, 6) is 1.24. The number of aromatic nitrogens is 2. The standard InChI is InChI=1S/C21H25N3O2/c1-15-5-4-7-20(23-15)21(25)24-11-17(14-26-13-16-8-9-16)18(12-24)19-6-2-3-10-22-19/h2-7,10,16-18H,8-9,11-14H2,1H3/t17-,18+/m0/s1. The van der Waals surface area contributed by atoms with Gasteiger partial charge in [0.05, 0.1) is 6.61 Å². The van der Waals surface area contributed by atoms with E-state index in [-0.39, 0.29) is 17.7 Å². The van der Waals surface area contributed by atoms with Gasteiger partial charge in [-0.05, 0) is 49.9 Å². The van der Waals surface area contributed by atoms with Gasteiger partial charge in [-0.25, -0.2) is 4.98 Å². The largest absolute Gasteiger partial charge is 0.381 e. The van der Waals surface area contributed by atoms with Crippen molar-refractivity contribution in [3.63, 3.8) is 0 Å². The molecule has 136 valence electrons. The van der Waals surface area contributed by atoms with Crippen LogP contribution in [0.15, 0.2) is 42.6 Å². The molecule has 26 heavy (non-hydrogen) atoms. The highest BCUT2D eigenvalue weighted by atomic mass is 16.5. The normalized spacial score (nSPS) is 22.6. The van der Waals surface area contributed by atoms with Crippen molar-refractivity contribution < 1.29 is 9.53 Å². The lowest BCUT2D eigenvalue weighted by atomic mass is 9.93. The minimum atomic E-state index is -0.000626. The predicted octanol–water partition coefficient (Wildman–Crippen LogP) is 3.07. The molecule has 0 N–H and O–H groups in total. The van der Waals surface area contributed by atoms with Crippen molar-refractivity contribution in [2.24, 2.45) is 11.8 Å². The van der Waals surface area contributed by atoms with Crippen molar-refractivity contribution in [3.05, 3.63) is 59.7 Å². The maximum atomic E-state index is 12.9. The average Bonchev–Trinajstić information content (AvgIpc) is 3.39. The lowest BCUT2D eigenvalue weighted by Gasteiger charge is -2.17. The quantitative estimate of drug-likeness (QED) is 0.803. The summed E-state index contributed by atoms with van der Waals surface area (Å²) in [6.45, 7) is 4.80. The van der Waals surface area contributed by atoms with Gasteiger partial charge in [0.15, 0.2) is 0 Å². The molecule has 0 radical (unpaired) electrons. The number of aryl methyl sites for hydroxylation is 1. The Kier molecular flexibility index (Phi) is 4.98. The Morgan fingerprint density at radius 3 is 2.77 bits per heavy atom. The first-order valence-corrected chi connectivity index (χ1v) is 9.42. The highest BCUT2D eigenvalue weighted by Crippen LogP contribution is 2.34. The molecular weight excluding hydrogens is 326 g/mol. The Bertz CT molecular complexity index is 761. The van der Waals surface area contributed by atoms with Gasteiger partial charge in [0.25, 0.3) is 5.91 Å². The number of amides is 1. The van der Waals surface area contributed by atoms with E-state index in [2.05, 4.69) is 16.0 Å². The van der Waals surface area contributed by atoms with Crippen LogP contribution in [-0.2, 0) is 4.74 Å². The number of rotatable bonds is 6. The third-order valence-electron chi connectivity index (χ3n) is 5.29. The molecule has 1 amide bonds. The Morgan fingerprint density at radius 2 is 2.04 bits per heavy atom. The molecule has 1 saturated carbocycles. The van der Waals surface area contributed by atoms with E-state index in [1.165, 1.54) is 12.8 Å². The summed E-state index contributed by atoms with van der Waals surface area (Å²) in [5.41, 5.74) is 2.42. The van der Waals surface area contributed by atoms with Crippen LogP contribution in [-0.4, -0.2) is 47.1 Å². The molecule has 0 aromatic carbocycles. The molecule has 2 atom stereocenters. The fraction of sp³-hybridized carbons (Fsp3) is 0.476. The van der Waals surface area contributed by atoms with Crippen molar-refractivity contribution in [3.8, 4) is 0 Å². The summed E-state index contributed by atoms with van der Waals surface area (Å²) < 4.78 is 5.96. The zero-order valence-electron chi connectivity index (χ0n) is 15.2. The Morgan fingerprint density at radius 1 is 1.15 bits per heavy atom. The molecule has 1 aliphatic carbocycles. The van der Waals surface area contributed by atoms with E-state index >= 15 is 0 Å². The zero-order chi connectivity index (χ0) is 17.9. The monoisotopic (exact) mass is 351 g/mol. The summed E-state index contributed by atoms with van der Waals surface area (Å²) >= 11 is 0. The van der Waals surface area contributed by atoms with E-state index in [0.29, 0.717) is 25.4 Å². The SMILES string of the molecule is Cc1cccc(C(=O)N2C[C@@H](COCC3CC3)[C@H](c3ccccn3)C2)n1. The van der Waals surface area contributed by atoms with Crippen LogP contribution in [0.2, 0.25) is 0 Å². The van der Waals surface area contributed by atoms with E-state index in [9.17, 15) is 4.79 Å². The van der Waals surface area contributed by atoms with Gasteiger partial charge < -0.3 is 9.64 Å². The number of hydrogen-bond donors (Lipinski definition) is 0. The molecule has 2 fully saturated rings. The average molecular weight is 351 g/mol. The minimum absolute atomic E-state index is 0.000626. The summed E-state index contributed by atoms with van der Waals surface area (Å²) in [4.78, 5) is 23.8. The van der Waals surface area contributed by atoms with Gasteiger partial charge in [-0.2, -0.15) is 0 Å². The molecule has 2 aromatic rings. The second-order valence-electron chi connectivity index (χ2n) is 7.48. The number of ether oxygens (including phenoxy) is 1. The van der Waals surface area contributed by atoms with Gasteiger partial charge in [-0.3, -0.25) is 9.78 Å². The number of nitrogens with zero attached hydrogens (tertiary/aromatic N) is 3. The summed E-state index contributed by atoms with van der Waals surface area (Å²) in [6.07, 6.45) is 4.40. The van der Waals surface area contributed by atoms with Gasteiger partial charge in [0.2, 0.25) is 0 Å². The second kappa shape index (κ2) is 7.54. The molecular formula is C21H25N3O2. The minimum Gasteiger partial charge on any atom is -0.381 e. The molecule has 1 aliphatic heterocycles. The van der Waals surface area contributed by atoms with Crippen molar-refractivity contribution in [2.75, 3.05) is 26.3 Å². The first kappa shape index (κ1) is 17.2. The van der Waals surface area contributed by atoms with Gasteiger partial charge >= 0.3 is 0 Å². The number of likely N-dealkylation sites (tertiary alicyclic amines) is 1. The fourth-order valence-corrected chi connectivity index (χ4v) is 3.63. The number of carbonyl (C=O) groups is 1. The topological polar surface area (TPSA) is 55.3 Å². The van der Waals surface area contributed by atoms with E-state index in [1.54, 1.807) is 6.07 Å². The summed E-state index contributed by atoms with van der Waals surface area (Å²) in [7, 11) is 0. The molecule has 4 rings (SSSR count). The highest BCUT2D eigenvalue weighted by molar-refractivity contribution is 5.92. The molecule has 5 nitrogen and oxygen atoms in total. The molecule has 5 heteroatoms. The van der Waals surface area contributed by atoms with Crippen LogP contribution < -0.4 is 0 Å². The lowest BCUT2D eigenvalue weighted by molar-refractivity contribution is 0.0734. The Hall–Kier alpha value is -2.27. The molecule has 0 unspecified atom stereocenters. The maximum Gasteiger partial charge on any atom is 0.272 e. The van der Waals surface area contributed by atoms with E-state index in [1.807, 2.05) is 42.3 Å². The number of hydrogen-bond acceptors (Lipinski definition) is 4. The first-order chi connectivity index (χ1) is 12.7. The number of pyridine rings is 2. The molecule has 0 spiro atoms. The first-order valence-electron chi connectivity index (χ1n) is 9.42. The van der Waals surface area contributed by atoms with Crippen molar-refractivity contribution in [1.29, 1.82) is 0 Å². The molecule has 3 heterocycles. The second-order valence-corrected chi connectivity index (χ2v) is 7.48. The molecule has 0 bridgehead atoms. The lowest BCUT2D eigenvalue weighted by Crippen LogP contribution is -2.30. The van der Waals surface area contributed by atoms with Crippen LogP contribution in [0, 0.1) is 18.8 Å². The predicted molar refractivity (Wildman–Crippen MR) is 98.9 cm³/mol. The van der Waals surface area contributed by atoms with Gasteiger partial charge in [0.1, 0.15) is 5.69 Å². The highest BCUT2D eigenvalue weighted by Gasteiger charge is 2.38. The van der Waals surface area contributed by atoms with Crippen molar-refractivity contribution in [1.82, 2.24) is 14.9 Å². The molecule has 1 saturated heterocycles. The molecule has 2 aliphatic rings. The zero-order valence-corrected chi connectivity index (χ0v) is 15.2. The Balaban J connectivity index is 1.49. The van der Waals surface area contributed by atoms with Crippen LogP contribution in [0.1, 0.15) is 40.6 Å². The third kappa shape index (κ3) is 3.93. The Labute approximate surface area is 154 Å². The van der Waals surface area contributed by atoms with Crippen LogP contribution in [0.3, 0.4) is 0 Å². The fourth-order valence-electron chi connectivity index (χ4n) is 3.63. The van der Waals surface area contributed by atoms with Crippen LogP contribution in [0.4, 0.5) is 0 Å².